The lowest BCUT2D eigenvalue weighted by atomic mass is 10.2. The predicted octanol–water partition coefficient (Wildman–Crippen LogP) is 3.83. The average molecular weight is 413 g/mol. The topological polar surface area (TPSA) is 84.5 Å². The van der Waals surface area contributed by atoms with Gasteiger partial charge in [-0.15, -0.1) is 11.8 Å². The van der Waals surface area contributed by atoms with Gasteiger partial charge in [0.1, 0.15) is 5.75 Å². The van der Waals surface area contributed by atoms with Crippen LogP contribution >= 0.6 is 23.4 Å². The van der Waals surface area contributed by atoms with Gasteiger partial charge < -0.3 is 10.1 Å². The molecule has 0 saturated heterocycles. The van der Waals surface area contributed by atoms with Crippen LogP contribution in [0.3, 0.4) is 0 Å². The van der Waals surface area contributed by atoms with Gasteiger partial charge in [-0.1, -0.05) is 18.5 Å². The highest BCUT2D eigenvalue weighted by Crippen LogP contribution is 2.35. The number of carbonyl (C=O) groups is 1. The summed E-state index contributed by atoms with van der Waals surface area (Å²) in [7, 11) is -2.45. The third-order valence-electron chi connectivity index (χ3n) is 3.86. The second kappa shape index (κ2) is 7.38. The molecule has 1 aliphatic rings. The number of benzene rings is 2. The number of rotatable bonds is 4. The van der Waals surface area contributed by atoms with Crippen molar-refractivity contribution in [3.63, 3.8) is 0 Å². The molecule has 2 N–H and O–H groups in total. The van der Waals surface area contributed by atoms with Gasteiger partial charge in [0.2, 0.25) is 5.91 Å². The Kier molecular flexibility index (Phi) is 5.36. The number of halogens is 1. The van der Waals surface area contributed by atoms with Crippen LogP contribution in [-0.2, 0) is 14.8 Å². The highest BCUT2D eigenvalue weighted by molar-refractivity contribution is 7.99. The molecular weight excluding hydrogens is 396 g/mol. The second-order valence-corrected chi connectivity index (χ2v) is 8.99. The zero-order valence-corrected chi connectivity index (χ0v) is 16.5. The molecule has 0 saturated carbocycles. The number of amides is 1. The molecule has 3 rings (SSSR count). The summed E-state index contributed by atoms with van der Waals surface area (Å²) in [5.41, 5.74) is 0.729. The normalized spacial score (nSPS) is 17.0. The van der Waals surface area contributed by atoms with Crippen molar-refractivity contribution in [1.29, 1.82) is 0 Å². The fourth-order valence-electron chi connectivity index (χ4n) is 2.41. The van der Waals surface area contributed by atoms with Crippen LogP contribution in [0.1, 0.15) is 6.92 Å². The SMILES string of the molecule is COc1ccc(Cl)cc1NS(=O)(=O)c1ccc2c(c1)NC(=O)C(C)CS2. The number of fused-ring (bicyclic) bond motifs is 1. The molecular formula is C17H17ClN2O4S2. The lowest BCUT2D eigenvalue weighted by Gasteiger charge is -2.14. The first-order valence-electron chi connectivity index (χ1n) is 7.74. The maximum absolute atomic E-state index is 12.8. The number of hydrogen-bond donors (Lipinski definition) is 2. The van der Waals surface area contributed by atoms with Crippen LogP contribution in [0.2, 0.25) is 5.02 Å². The Bertz CT molecular complexity index is 963. The van der Waals surface area contributed by atoms with E-state index in [2.05, 4.69) is 10.0 Å². The Morgan fingerprint density at radius 2 is 2.04 bits per heavy atom. The van der Waals surface area contributed by atoms with Crippen LogP contribution in [0.4, 0.5) is 11.4 Å². The molecule has 0 fully saturated rings. The van der Waals surface area contributed by atoms with Crippen molar-refractivity contribution in [3.8, 4) is 5.75 Å². The predicted molar refractivity (Wildman–Crippen MR) is 104 cm³/mol. The maximum atomic E-state index is 12.8. The lowest BCUT2D eigenvalue weighted by molar-refractivity contribution is -0.118. The molecule has 1 unspecified atom stereocenters. The smallest absolute Gasteiger partial charge is 0.262 e. The zero-order chi connectivity index (χ0) is 18.9. The monoisotopic (exact) mass is 412 g/mol. The van der Waals surface area contributed by atoms with E-state index in [1.807, 2.05) is 6.92 Å². The lowest BCUT2D eigenvalue weighted by Crippen LogP contribution is -2.20. The molecule has 0 aromatic heterocycles. The molecule has 9 heteroatoms. The van der Waals surface area contributed by atoms with Crippen molar-refractivity contribution >= 4 is 50.7 Å². The van der Waals surface area contributed by atoms with Crippen molar-refractivity contribution in [2.45, 2.75) is 16.7 Å². The van der Waals surface area contributed by atoms with Gasteiger partial charge in [-0.3, -0.25) is 9.52 Å². The van der Waals surface area contributed by atoms with E-state index >= 15 is 0 Å². The van der Waals surface area contributed by atoms with Crippen molar-refractivity contribution in [1.82, 2.24) is 0 Å². The van der Waals surface area contributed by atoms with Gasteiger partial charge in [0, 0.05) is 21.6 Å². The van der Waals surface area contributed by atoms with Crippen LogP contribution < -0.4 is 14.8 Å². The molecule has 0 aliphatic carbocycles. The zero-order valence-electron chi connectivity index (χ0n) is 14.1. The largest absolute Gasteiger partial charge is 0.495 e. The highest BCUT2D eigenvalue weighted by atomic mass is 35.5. The summed E-state index contributed by atoms with van der Waals surface area (Å²) >= 11 is 7.47. The molecule has 6 nitrogen and oxygen atoms in total. The van der Waals surface area contributed by atoms with Gasteiger partial charge >= 0.3 is 0 Å². The van der Waals surface area contributed by atoms with Crippen molar-refractivity contribution in [3.05, 3.63) is 41.4 Å². The Hall–Kier alpha value is -1.90. The van der Waals surface area contributed by atoms with Gasteiger partial charge in [0.25, 0.3) is 10.0 Å². The summed E-state index contributed by atoms with van der Waals surface area (Å²) in [6.45, 7) is 1.83. The number of methoxy groups -OCH3 is 1. The number of anilines is 2. The Labute approximate surface area is 161 Å². The fraction of sp³-hybridized carbons (Fsp3) is 0.235. The van der Waals surface area contributed by atoms with Crippen LogP contribution in [0, 0.1) is 5.92 Å². The van der Waals surface area contributed by atoms with Crippen LogP contribution in [0.25, 0.3) is 0 Å². The molecule has 1 atom stereocenters. The maximum Gasteiger partial charge on any atom is 0.262 e. The van der Waals surface area contributed by atoms with E-state index in [4.69, 9.17) is 16.3 Å². The van der Waals surface area contributed by atoms with Gasteiger partial charge in [-0.25, -0.2) is 8.42 Å². The Morgan fingerprint density at radius 1 is 1.27 bits per heavy atom. The second-order valence-electron chi connectivity index (χ2n) is 5.81. The van der Waals surface area contributed by atoms with Crippen molar-refractivity contribution < 1.29 is 17.9 Å². The summed E-state index contributed by atoms with van der Waals surface area (Å²) in [4.78, 5) is 12.9. The first-order valence-corrected chi connectivity index (χ1v) is 10.6. The molecule has 2 aromatic carbocycles. The fourth-order valence-corrected chi connectivity index (χ4v) is 4.68. The van der Waals surface area contributed by atoms with Crippen LogP contribution in [-0.4, -0.2) is 27.2 Å². The standard InChI is InChI=1S/C17H17ClN2O4S2/c1-10-9-25-16-6-4-12(8-14(16)19-17(10)21)26(22,23)20-13-7-11(18)3-5-15(13)24-2/h3-8,10,20H,9H2,1-2H3,(H,19,21). The molecule has 138 valence electrons. The summed E-state index contributed by atoms with van der Waals surface area (Å²) in [5.74, 6) is 0.713. The van der Waals surface area contributed by atoms with E-state index < -0.39 is 10.0 Å². The molecule has 1 aliphatic heterocycles. The number of carbonyl (C=O) groups excluding carboxylic acids is 1. The average Bonchev–Trinajstić information content (AvgIpc) is 2.73. The molecule has 1 heterocycles. The molecule has 0 radical (unpaired) electrons. The van der Waals surface area contributed by atoms with E-state index in [-0.39, 0.29) is 22.4 Å². The first kappa shape index (κ1) is 18.9. The third-order valence-corrected chi connectivity index (χ3v) is 6.79. The molecule has 26 heavy (non-hydrogen) atoms. The van der Waals surface area contributed by atoms with E-state index in [1.165, 1.54) is 37.1 Å². The van der Waals surface area contributed by atoms with Gasteiger partial charge in [-0.05, 0) is 36.4 Å². The summed E-state index contributed by atoms with van der Waals surface area (Å²) in [6, 6.07) is 9.32. The number of thioether (sulfide) groups is 1. The van der Waals surface area contributed by atoms with Crippen molar-refractivity contribution in [2.75, 3.05) is 22.9 Å². The summed E-state index contributed by atoms with van der Waals surface area (Å²) < 4.78 is 33.2. The number of sulfonamides is 1. The highest BCUT2D eigenvalue weighted by Gasteiger charge is 2.23. The van der Waals surface area contributed by atoms with E-state index in [0.29, 0.717) is 22.2 Å². The Morgan fingerprint density at radius 3 is 2.77 bits per heavy atom. The number of hydrogen-bond acceptors (Lipinski definition) is 5. The van der Waals surface area contributed by atoms with E-state index in [9.17, 15) is 13.2 Å². The molecule has 2 aromatic rings. The molecule has 0 spiro atoms. The summed E-state index contributed by atoms with van der Waals surface area (Å²) in [5, 5.41) is 3.16. The number of nitrogens with one attached hydrogen (secondary N) is 2. The quantitative estimate of drug-likeness (QED) is 0.797. The van der Waals surface area contributed by atoms with Gasteiger partial charge in [-0.2, -0.15) is 0 Å². The van der Waals surface area contributed by atoms with Gasteiger partial charge in [0.15, 0.2) is 0 Å². The number of ether oxygens (including phenoxy) is 1. The molecule has 1 amide bonds. The van der Waals surface area contributed by atoms with Crippen LogP contribution in [0.5, 0.6) is 5.75 Å². The summed E-state index contributed by atoms with van der Waals surface area (Å²) in [6.07, 6.45) is 0. The minimum atomic E-state index is -3.89. The van der Waals surface area contributed by atoms with E-state index in [1.54, 1.807) is 18.2 Å². The third kappa shape index (κ3) is 3.92. The Balaban J connectivity index is 1.95. The van der Waals surface area contributed by atoms with Crippen molar-refractivity contribution in [2.24, 2.45) is 5.92 Å². The first-order chi connectivity index (χ1) is 12.3. The van der Waals surface area contributed by atoms with Crippen LogP contribution in [0.15, 0.2) is 46.2 Å². The minimum Gasteiger partial charge on any atom is -0.495 e. The van der Waals surface area contributed by atoms with Gasteiger partial charge in [0.05, 0.1) is 23.4 Å². The molecule has 0 bridgehead atoms. The van der Waals surface area contributed by atoms with E-state index in [0.717, 1.165) is 4.90 Å². The minimum absolute atomic E-state index is 0.0359.